The molecule has 0 aliphatic heterocycles. The van der Waals surface area contributed by atoms with E-state index in [2.05, 4.69) is 5.32 Å². The fourth-order valence-electron chi connectivity index (χ4n) is 2.48. The third-order valence-electron chi connectivity index (χ3n) is 3.83. The van der Waals surface area contributed by atoms with Gasteiger partial charge < -0.3 is 16.0 Å². The number of benzene rings is 2. The van der Waals surface area contributed by atoms with Gasteiger partial charge in [-0.05, 0) is 30.2 Å². The average Bonchev–Trinajstić information content (AvgIpc) is 2.56. The fourth-order valence-corrected chi connectivity index (χ4v) is 2.48. The maximum Gasteiger partial charge on any atom is 0.252 e. The van der Waals surface area contributed by atoms with Crippen LogP contribution >= 0.6 is 12.4 Å². The average molecular weight is 362 g/mol. The second-order valence-corrected chi connectivity index (χ2v) is 6.02. The molecule has 0 aliphatic carbocycles. The summed E-state index contributed by atoms with van der Waals surface area (Å²) in [5.41, 5.74) is 8.58. The lowest BCUT2D eigenvalue weighted by Crippen LogP contribution is -2.47. The van der Waals surface area contributed by atoms with E-state index >= 15 is 0 Å². The highest BCUT2D eigenvalue weighted by Crippen LogP contribution is 2.13. The lowest BCUT2D eigenvalue weighted by Gasteiger charge is -2.22. The summed E-state index contributed by atoms with van der Waals surface area (Å²) in [6, 6.07) is 14.2. The number of likely N-dealkylation sites (N-methyl/N-ethyl adjacent to an activating group) is 1. The summed E-state index contributed by atoms with van der Waals surface area (Å²) in [5.74, 6) is -0.440. The number of anilines is 1. The molecule has 0 spiro atoms. The second-order valence-electron chi connectivity index (χ2n) is 6.02. The van der Waals surface area contributed by atoms with Gasteiger partial charge >= 0.3 is 0 Å². The highest BCUT2D eigenvalue weighted by molar-refractivity contribution is 5.99. The van der Waals surface area contributed by atoms with Crippen LogP contribution < -0.4 is 11.1 Å². The molecule has 0 heterocycles. The summed E-state index contributed by atoms with van der Waals surface area (Å²) in [6.45, 7) is 1.84. The minimum atomic E-state index is -0.629. The van der Waals surface area contributed by atoms with Gasteiger partial charge in [0.2, 0.25) is 5.91 Å². The molecule has 1 atom stereocenters. The highest BCUT2D eigenvalue weighted by atomic mass is 35.5. The molecule has 2 aromatic carbocycles. The van der Waals surface area contributed by atoms with Crippen LogP contribution in [0.1, 0.15) is 21.5 Å². The Kier molecular flexibility index (Phi) is 7.45. The molecule has 0 aliphatic rings. The Bertz CT molecular complexity index is 733. The van der Waals surface area contributed by atoms with E-state index in [4.69, 9.17) is 5.73 Å². The van der Waals surface area contributed by atoms with Crippen LogP contribution in [-0.2, 0) is 11.2 Å². The Labute approximate surface area is 154 Å². The number of rotatable bonds is 5. The number of amides is 2. The molecule has 134 valence electrons. The van der Waals surface area contributed by atoms with Crippen molar-refractivity contribution in [3.8, 4) is 0 Å². The van der Waals surface area contributed by atoms with E-state index in [0.29, 0.717) is 17.7 Å². The van der Waals surface area contributed by atoms with Crippen LogP contribution in [0.5, 0.6) is 0 Å². The summed E-state index contributed by atoms with van der Waals surface area (Å²) in [6.07, 6.45) is 0.435. The van der Waals surface area contributed by atoms with E-state index in [-0.39, 0.29) is 24.2 Å². The van der Waals surface area contributed by atoms with E-state index in [1.54, 1.807) is 32.3 Å². The third-order valence-corrected chi connectivity index (χ3v) is 3.83. The van der Waals surface area contributed by atoms with Gasteiger partial charge in [-0.15, -0.1) is 12.4 Å². The molecule has 6 heteroatoms. The van der Waals surface area contributed by atoms with Gasteiger partial charge in [-0.2, -0.15) is 0 Å². The van der Waals surface area contributed by atoms with Crippen LogP contribution in [0.2, 0.25) is 0 Å². The van der Waals surface area contributed by atoms with Crippen LogP contribution in [0.3, 0.4) is 0 Å². The van der Waals surface area contributed by atoms with Crippen molar-refractivity contribution in [1.82, 2.24) is 10.2 Å². The molecule has 25 heavy (non-hydrogen) atoms. The van der Waals surface area contributed by atoms with Crippen LogP contribution in [0.15, 0.2) is 48.5 Å². The molecule has 0 radical (unpaired) electrons. The maximum atomic E-state index is 12.6. The summed E-state index contributed by atoms with van der Waals surface area (Å²) >= 11 is 0. The molecule has 0 saturated heterocycles. The fraction of sp³-hybridized carbons (Fsp3) is 0.263. The van der Waals surface area contributed by atoms with Gasteiger partial charge in [0, 0.05) is 31.8 Å². The number of nitrogens with two attached hydrogens (primary N) is 1. The number of nitrogen functional groups attached to an aromatic ring is 1. The Balaban J connectivity index is 0.00000312. The molecule has 3 N–H and O–H groups in total. The first kappa shape index (κ1) is 20.5. The van der Waals surface area contributed by atoms with E-state index in [9.17, 15) is 9.59 Å². The lowest BCUT2D eigenvalue weighted by atomic mass is 10.0. The summed E-state index contributed by atoms with van der Waals surface area (Å²) < 4.78 is 0. The number of hydrogen-bond donors (Lipinski definition) is 2. The number of halogens is 1. The molecule has 0 bridgehead atoms. The van der Waals surface area contributed by atoms with Gasteiger partial charge in [0.05, 0.1) is 0 Å². The van der Waals surface area contributed by atoms with E-state index in [1.807, 2.05) is 37.3 Å². The zero-order valence-corrected chi connectivity index (χ0v) is 15.5. The zero-order chi connectivity index (χ0) is 17.7. The molecule has 0 saturated carbocycles. The first-order valence-corrected chi connectivity index (χ1v) is 7.80. The monoisotopic (exact) mass is 361 g/mol. The van der Waals surface area contributed by atoms with Gasteiger partial charge in [0.1, 0.15) is 6.04 Å². The molecule has 2 rings (SSSR count). The predicted molar refractivity (Wildman–Crippen MR) is 103 cm³/mol. The van der Waals surface area contributed by atoms with Gasteiger partial charge in [0.25, 0.3) is 5.91 Å². The van der Waals surface area contributed by atoms with Gasteiger partial charge in [-0.1, -0.05) is 36.4 Å². The minimum absolute atomic E-state index is 0. The SMILES string of the molecule is Cc1ccc(N)cc1C(=O)NC(Cc1ccccc1)C(=O)N(C)C.Cl. The Morgan fingerprint density at radius 3 is 2.36 bits per heavy atom. The normalized spacial score (nSPS) is 11.2. The maximum absolute atomic E-state index is 12.6. The van der Waals surface area contributed by atoms with Crippen molar-refractivity contribution >= 4 is 29.9 Å². The van der Waals surface area contributed by atoms with Crippen molar-refractivity contribution in [2.24, 2.45) is 0 Å². The number of nitrogens with one attached hydrogen (secondary N) is 1. The second kappa shape index (κ2) is 9.08. The molecule has 0 fully saturated rings. The number of carbonyl (C=O) groups excluding carboxylic acids is 2. The van der Waals surface area contributed by atoms with Crippen LogP contribution in [0, 0.1) is 6.92 Å². The number of aryl methyl sites for hydroxylation is 1. The molecule has 0 aromatic heterocycles. The largest absolute Gasteiger partial charge is 0.399 e. The van der Waals surface area contributed by atoms with Crippen LogP contribution in [0.4, 0.5) is 5.69 Å². The van der Waals surface area contributed by atoms with Crippen molar-refractivity contribution in [3.63, 3.8) is 0 Å². The van der Waals surface area contributed by atoms with E-state index in [0.717, 1.165) is 11.1 Å². The number of nitrogens with zero attached hydrogens (tertiary/aromatic N) is 1. The van der Waals surface area contributed by atoms with Gasteiger partial charge in [0.15, 0.2) is 0 Å². The summed E-state index contributed by atoms with van der Waals surface area (Å²) in [5, 5.41) is 2.85. The van der Waals surface area contributed by atoms with Gasteiger partial charge in [-0.3, -0.25) is 9.59 Å². The molecular formula is C19H24ClN3O2. The predicted octanol–water partition coefficient (Wildman–Crippen LogP) is 2.43. The molecule has 5 nitrogen and oxygen atoms in total. The minimum Gasteiger partial charge on any atom is -0.399 e. The van der Waals surface area contributed by atoms with Crippen molar-refractivity contribution in [2.45, 2.75) is 19.4 Å². The number of hydrogen-bond acceptors (Lipinski definition) is 3. The smallest absolute Gasteiger partial charge is 0.252 e. The van der Waals surface area contributed by atoms with Crippen molar-refractivity contribution in [3.05, 3.63) is 65.2 Å². The molecule has 1 unspecified atom stereocenters. The van der Waals surface area contributed by atoms with Gasteiger partial charge in [-0.25, -0.2) is 0 Å². The third kappa shape index (κ3) is 5.50. The molecular weight excluding hydrogens is 338 g/mol. The summed E-state index contributed by atoms with van der Waals surface area (Å²) in [4.78, 5) is 26.5. The van der Waals surface area contributed by atoms with Crippen molar-refractivity contribution in [1.29, 1.82) is 0 Å². The molecule has 2 aromatic rings. The van der Waals surface area contributed by atoms with Crippen LogP contribution in [-0.4, -0.2) is 36.9 Å². The van der Waals surface area contributed by atoms with Crippen LogP contribution in [0.25, 0.3) is 0 Å². The zero-order valence-electron chi connectivity index (χ0n) is 14.7. The van der Waals surface area contributed by atoms with E-state index in [1.165, 1.54) is 4.90 Å². The Morgan fingerprint density at radius 2 is 1.76 bits per heavy atom. The Hall–Kier alpha value is -2.53. The first-order chi connectivity index (χ1) is 11.4. The quantitative estimate of drug-likeness (QED) is 0.803. The summed E-state index contributed by atoms with van der Waals surface area (Å²) in [7, 11) is 3.36. The Morgan fingerprint density at radius 1 is 1.12 bits per heavy atom. The molecule has 2 amide bonds. The topological polar surface area (TPSA) is 75.4 Å². The standard InChI is InChI=1S/C19H23N3O2.ClH/c1-13-9-10-15(20)12-16(13)18(23)21-17(19(24)22(2)3)11-14-7-5-4-6-8-14;/h4-10,12,17H,11,20H2,1-3H3,(H,21,23);1H. The number of carbonyl (C=O) groups is 2. The van der Waals surface area contributed by atoms with Crippen molar-refractivity contribution < 1.29 is 9.59 Å². The first-order valence-electron chi connectivity index (χ1n) is 7.80. The lowest BCUT2D eigenvalue weighted by molar-refractivity contribution is -0.130. The highest BCUT2D eigenvalue weighted by Gasteiger charge is 2.24. The van der Waals surface area contributed by atoms with E-state index < -0.39 is 6.04 Å². The van der Waals surface area contributed by atoms with Crippen molar-refractivity contribution in [2.75, 3.05) is 19.8 Å².